The molecule has 0 spiro atoms. The van der Waals surface area contributed by atoms with Gasteiger partial charge in [0.2, 0.25) is 0 Å². The highest BCUT2D eigenvalue weighted by molar-refractivity contribution is 7.52. The third-order valence-electron chi connectivity index (χ3n) is 3.66. The zero-order valence-electron chi connectivity index (χ0n) is 12.7. The molecular weight excluding hydrogens is 321 g/mol. The molecular formula is C16H19ClNO3P. The smallest absolute Gasteiger partial charge is 0.352 e. The number of anilines is 1. The van der Waals surface area contributed by atoms with E-state index in [2.05, 4.69) is 5.32 Å². The fourth-order valence-corrected chi connectivity index (χ4v) is 3.41. The molecule has 2 rings (SSSR count). The van der Waals surface area contributed by atoms with Crippen LogP contribution >= 0.6 is 19.2 Å². The van der Waals surface area contributed by atoms with Crippen LogP contribution in [0.4, 0.5) is 5.69 Å². The first kappa shape index (κ1) is 17.0. The molecule has 22 heavy (non-hydrogen) atoms. The average molecular weight is 340 g/mol. The lowest BCUT2D eigenvalue weighted by molar-refractivity contribution is 0.363. The highest BCUT2D eigenvalue weighted by Crippen LogP contribution is 2.52. The number of aryl methyl sites for hydroxylation is 3. The van der Waals surface area contributed by atoms with Crippen molar-refractivity contribution < 1.29 is 14.4 Å². The van der Waals surface area contributed by atoms with E-state index in [1.807, 2.05) is 32.9 Å². The van der Waals surface area contributed by atoms with Gasteiger partial charge in [-0.3, -0.25) is 4.57 Å². The van der Waals surface area contributed by atoms with Crippen molar-refractivity contribution >= 4 is 24.9 Å². The van der Waals surface area contributed by atoms with Gasteiger partial charge in [0.15, 0.2) is 5.78 Å². The van der Waals surface area contributed by atoms with Crippen LogP contribution in [0.3, 0.4) is 0 Å². The number of nitrogens with one attached hydrogen (secondary N) is 1. The van der Waals surface area contributed by atoms with Gasteiger partial charge in [0, 0.05) is 10.7 Å². The van der Waals surface area contributed by atoms with Crippen molar-refractivity contribution in [3.05, 3.63) is 63.7 Å². The molecule has 1 atom stereocenters. The van der Waals surface area contributed by atoms with E-state index < -0.39 is 13.4 Å². The van der Waals surface area contributed by atoms with E-state index in [1.165, 1.54) is 0 Å². The molecule has 0 aliphatic carbocycles. The van der Waals surface area contributed by atoms with Crippen LogP contribution in [0, 0.1) is 20.8 Å². The van der Waals surface area contributed by atoms with E-state index in [1.54, 1.807) is 24.3 Å². The highest BCUT2D eigenvalue weighted by Gasteiger charge is 2.31. The maximum absolute atomic E-state index is 12.0. The Balaban J connectivity index is 2.45. The number of hydrogen-bond donors (Lipinski definition) is 3. The van der Waals surface area contributed by atoms with Crippen LogP contribution in [0.15, 0.2) is 36.4 Å². The molecule has 118 valence electrons. The number of halogens is 1. The summed E-state index contributed by atoms with van der Waals surface area (Å²) in [6.07, 6.45) is 0. The second-order valence-electron chi connectivity index (χ2n) is 5.44. The van der Waals surface area contributed by atoms with Crippen LogP contribution in [0.25, 0.3) is 0 Å². The van der Waals surface area contributed by atoms with Crippen molar-refractivity contribution in [1.29, 1.82) is 0 Å². The van der Waals surface area contributed by atoms with Gasteiger partial charge in [-0.05, 0) is 67.3 Å². The van der Waals surface area contributed by atoms with Gasteiger partial charge in [0.1, 0.15) is 0 Å². The normalized spacial score (nSPS) is 13.0. The van der Waals surface area contributed by atoms with Crippen molar-refractivity contribution in [3.63, 3.8) is 0 Å². The maximum Gasteiger partial charge on any atom is 0.352 e. The topological polar surface area (TPSA) is 69.6 Å². The summed E-state index contributed by atoms with van der Waals surface area (Å²) in [6, 6.07) is 10.5. The molecule has 6 heteroatoms. The van der Waals surface area contributed by atoms with Crippen LogP contribution in [-0.4, -0.2) is 9.79 Å². The van der Waals surface area contributed by atoms with Crippen LogP contribution in [-0.2, 0) is 4.57 Å². The second-order valence-corrected chi connectivity index (χ2v) is 7.57. The molecule has 0 aliphatic heterocycles. The third kappa shape index (κ3) is 3.90. The van der Waals surface area contributed by atoms with Crippen molar-refractivity contribution in [2.24, 2.45) is 0 Å². The largest absolute Gasteiger partial charge is 0.368 e. The van der Waals surface area contributed by atoms with Gasteiger partial charge in [0.25, 0.3) is 0 Å². The van der Waals surface area contributed by atoms with Gasteiger partial charge in [-0.15, -0.1) is 0 Å². The first-order valence-corrected chi connectivity index (χ1v) is 8.89. The molecule has 4 nitrogen and oxygen atoms in total. The molecule has 0 radical (unpaired) electrons. The molecule has 3 N–H and O–H groups in total. The molecule has 0 saturated heterocycles. The summed E-state index contributed by atoms with van der Waals surface area (Å²) < 4.78 is 12.0. The quantitative estimate of drug-likeness (QED) is 0.714. The molecule has 0 fully saturated rings. The number of rotatable bonds is 4. The van der Waals surface area contributed by atoms with E-state index in [-0.39, 0.29) is 0 Å². The molecule has 0 aliphatic rings. The molecule has 0 amide bonds. The Labute approximate surface area is 135 Å². The van der Waals surface area contributed by atoms with Crippen molar-refractivity contribution in [2.45, 2.75) is 26.6 Å². The molecule has 2 aromatic carbocycles. The zero-order valence-corrected chi connectivity index (χ0v) is 14.3. The van der Waals surface area contributed by atoms with Crippen LogP contribution in [0.5, 0.6) is 0 Å². The standard InChI is InChI=1S/C16H19ClNO3P/c1-10-8-12(3)15(9-11(10)2)16(22(19,20)21)18-14-6-4-13(17)5-7-14/h4-9,16,18H,1-3H3,(H2,19,20,21)/t16-/m1/s1. The Kier molecular flexibility index (Phi) is 4.98. The molecule has 2 aromatic rings. The zero-order chi connectivity index (χ0) is 16.5. The molecule has 0 bridgehead atoms. The third-order valence-corrected chi connectivity index (χ3v) is 4.99. The molecule has 0 heterocycles. The fourth-order valence-electron chi connectivity index (χ4n) is 2.32. The lowest BCUT2D eigenvalue weighted by atomic mass is 10.0. The van der Waals surface area contributed by atoms with Gasteiger partial charge < -0.3 is 15.1 Å². The monoisotopic (exact) mass is 339 g/mol. The van der Waals surface area contributed by atoms with E-state index in [0.29, 0.717) is 16.3 Å². The summed E-state index contributed by atoms with van der Waals surface area (Å²) in [7, 11) is -4.38. The summed E-state index contributed by atoms with van der Waals surface area (Å²) in [5.41, 5.74) is 4.15. The Morgan fingerprint density at radius 1 is 1.00 bits per heavy atom. The van der Waals surface area contributed by atoms with E-state index in [9.17, 15) is 14.4 Å². The van der Waals surface area contributed by atoms with Gasteiger partial charge in [-0.25, -0.2) is 0 Å². The Bertz CT molecular complexity index is 725. The van der Waals surface area contributed by atoms with Gasteiger partial charge >= 0.3 is 7.60 Å². The van der Waals surface area contributed by atoms with Crippen LogP contribution < -0.4 is 5.32 Å². The summed E-state index contributed by atoms with van der Waals surface area (Å²) >= 11 is 5.84. The summed E-state index contributed by atoms with van der Waals surface area (Å²) in [5, 5.41) is 3.50. The minimum absolute atomic E-state index is 0.570. The minimum atomic E-state index is -4.38. The van der Waals surface area contributed by atoms with E-state index in [0.717, 1.165) is 16.7 Å². The van der Waals surface area contributed by atoms with Gasteiger partial charge in [-0.1, -0.05) is 23.7 Å². The van der Waals surface area contributed by atoms with Crippen molar-refractivity contribution in [2.75, 3.05) is 5.32 Å². The number of hydrogen-bond acceptors (Lipinski definition) is 2. The second kappa shape index (κ2) is 6.43. The van der Waals surface area contributed by atoms with Crippen molar-refractivity contribution in [1.82, 2.24) is 0 Å². The summed E-state index contributed by atoms with van der Waals surface area (Å²) in [4.78, 5) is 19.5. The van der Waals surface area contributed by atoms with Gasteiger partial charge in [0.05, 0.1) is 0 Å². The van der Waals surface area contributed by atoms with E-state index in [4.69, 9.17) is 11.6 Å². The van der Waals surface area contributed by atoms with Gasteiger partial charge in [-0.2, -0.15) is 0 Å². The van der Waals surface area contributed by atoms with Crippen LogP contribution in [0.2, 0.25) is 5.02 Å². The number of benzene rings is 2. The lowest BCUT2D eigenvalue weighted by Crippen LogP contribution is -2.13. The predicted molar refractivity (Wildman–Crippen MR) is 90.5 cm³/mol. The first-order valence-electron chi connectivity index (χ1n) is 6.83. The molecule has 0 unspecified atom stereocenters. The summed E-state index contributed by atoms with van der Waals surface area (Å²) in [5.74, 6) is -1.09. The molecule has 0 aromatic heterocycles. The first-order chi connectivity index (χ1) is 10.2. The van der Waals surface area contributed by atoms with Crippen LogP contribution in [0.1, 0.15) is 28.0 Å². The average Bonchev–Trinajstić information content (AvgIpc) is 2.41. The van der Waals surface area contributed by atoms with Crippen molar-refractivity contribution in [3.8, 4) is 0 Å². The Morgan fingerprint density at radius 3 is 2.09 bits per heavy atom. The maximum atomic E-state index is 12.0. The predicted octanol–water partition coefficient (Wildman–Crippen LogP) is 4.55. The molecule has 0 saturated carbocycles. The fraction of sp³-hybridized carbons (Fsp3) is 0.250. The Morgan fingerprint density at radius 2 is 1.55 bits per heavy atom. The highest BCUT2D eigenvalue weighted by atomic mass is 35.5. The summed E-state index contributed by atoms with van der Waals surface area (Å²) in [6.45, 7) is 5.76. The SMILES string of the molecule is Cc1cc(C)c([C@H](Nc2ccc(Cl)cc2)P(=O)(O)O)cc1C. The lowest BCUT2D eigenvalue weighted by Gasteiger charge is -2.24. The minimum Gasteiger partial charge on any atom is -0.368 e. The Hall–Kier alpha value is -1.32. The van der Waals surface area contributed by atoms with E-state index >= 15 is 0 Å².